The van der Waals surface area contributed by atoms with Gasteiger partial charge in [0, 0.05) is 24.8 Å². The van der Waals surface area contributed by atoms with E-state index in [4.69, 9.17) is 0 Å². The van der Waals surface area contributed by atoms with Gasteiger partial charge in [0.05, 0.1) is 5.54 Å². The van der Waals surface area contributed by atoms with Gasteiger partial charge in [0.2, 0.25) is 5.91 Å². The molecule has 5 nitrogen and oxygen atoms in total. The second-order valence-electron chi connectivity index (χ2n) is 6.52. The molecule has 1 atom stereocenters. The highest BCUT2D eigenvalue weighted by molar-refractivity contribution is 5.89. The molecule has 0 unspecified atom stereocenters. The summed E-state index contributed by atoms with van der Waals surface area (Å²) >= 11 is 0. The molecule has 1 saturated heterocycles. The summed E-state index contributed by atoms with van der Waals surface area (Å²) in [6.07, 6.45) is 5.19. The van der Waals surface area contributed by atoms with Gasteiger partial charge in [-0.05, 0) is 32.8 Å². The highest BCUT2D eigenvalue weighted by atomic mass is 16.2. The number of amides is 1. The second-order valence-corrected chi connectivity index (χ2v) is 6.52. The maximum absolute atomic E-state index is 13.0. The molecule has 2 fully saturated rings. The monoisotopic (exact) mass is 300 g/mol. The molecule has 1 aliphatic heterocycles. The van der Waals surface area contributed by atoms with Crippen molar-refractivity contribution in [3.05, 3.63) is 23.0 Å². The third-order valence-electron chi connectivity index (χ3n) is 5.43. The standard InChI is InChI=1S/C17H24N4O/c1-4-21-15(14-10-13(11-18)20(3)12(14)2)19-17(16(21)22)8-6-5-7-9-17/h10,15,19H,4-9H2,1-3H3/t15-/m1/s1. The van der Waals surface area contributed by atoms with Crippen molar-refractivity contribution in [2.45, 2.75) is 57.7 Å². The Morgan fingerprint density at radius 3 is 2.64 bits per heavy atom. The normalized spacial score (nSPS) is 24.0. The van der Waals surface area contributed by atoms with Gasteiger partial charge in [-0.3, -0.25) is 10.1 Å². The summed E-state index contributed by atoms with van der Waals surface area (Å²) in [5, 5.41) is 12.9. The summed E-state index contributed by atoms with van der Waals surface area (Å²) in [6.45, 7) is 4.73. The number of nitrogens with one attached hydrogen (secondary N) is 1. The molecule has 1 aromatic rings. The Morgan fingerprint density at radius 2 is 2.09 bits per heavy atom. The van der Waals surface area contributed by atoms with Crippen molar-refractivity contribution in [3.63, 3.8) is 0 Å². The molecule has 2 aliphatic rings. The first-order valence-corrected chi connectivity index (χ1v) is 8.19. The minimum absolute atomic E-state index is 0.108. The van der Waals surface area contributed by atoms with Crippen LogP contribution in [-0.2, 0) is 11.8 Å². The highest BCUT2D eigenvalue weighted by Crippen LogP contribution is 2.40. The molecule has 1 N–H and O–H groups in total. The average Bonchev–Trinajstić information content (AvgIpc) is 2.96. The van der Waals surface area contributed by atoms with Crippen LogP contribution in [0.2, 0.25) is 0 Å². The van der Waals surface area contributed by atoms with E-state index >= 15 is 0 Å². The molecule has 0 aromatic carbocycles. The molecule has 1 spiro atoms. The van der Waals surface area contributed by atoms with Gasteiger partial charge in [-0.15, -0.1) is 0 Å². The molecule has 22 heavy (non-hydrogen) atoms. The van der Waals surface area contributed by atoms with Crippen LogP contribution in [0.3, 0.4) is 0 Å². The van der Waals surface area contributed by atoms with Gasteiger partial charge in [-0.25, -0.2) is 0 Å². The van der Waals surface area contributed by atoms with Crippen molar-refractivity contribution in [2.24, 2.45) is 7.05 Å². The number of carbonyl (C=O) groups is 1. The van der Waals surface area contributed by atoms with E-state index in [2.05, 4.69) is 11.4 Å². The van der Waals surface area contributed by atoms with Gasteiger partial charge >= 0.3 is 0 Å². The summed E-state index contributed by atoms with van der Waals surface area (Å²) in [7, 11) is 1.90. The molecule has 2 heterocycles. The van der Waals surface area contributed by atoms with Gasteiger partial charge < -0.3 is 9.47 Å². The topological polar surface area (TPSA) is 61.1 Å². The summed E-state index contributed by atoms with van der Waals surface area (Å²) in [6, 6.07) is 4.15. The van der Waals surface area contributed by atoms with E-state index in [9.17, 15) is 10.1 Å². The minimum atomic E-state index is -0.381. The van der Waals surface area contributed by atoms with Crippen LogP contribution in [0.4, 0.5) is 0 Å². The number of carbonyl (C=O) groups excluding carboxylic acids is 1. The summed E-state index contributed by atoms with van der Waals surface area (Å²) in [4.78, 5) is 14.9. The number of likely N-dealkylation sites (N-methyl/N-ethyl adjacent to an activating group) is 1. The first-order valence-electron chi connectivity index (χ1n) is 8.19. The first kappa shape index (κ1) is 15.1. The molecule has 0 bridgehead atoms. The van der Waals surface area contributed by atoms with Crippen LogP contribution in [0.25, 0.3) is 0 Å². The molecular weight excluding hydrogens is 276 g/mol. The summed E-state index contributed by atoms with van der Waals surface area (Å²) in [5.74, 6) is 0.237. The zero-order valence-corrected chi connectivity index (χ0v) is 13.6. The molecular formula is C17H24N4O. The van der Waals surface area contributed by atoms with Crippen molar-refractivity contribution in [3.8, 4) is 6.07 Å². The van der Waals surface area contributed by atoms with Gasteiger partial charge in [0.25, 0.3) is 0 Å². The summed E-state index contributed by atoms with van der Waals surface area (Å²) < 4.78 is 1.90. The Morgan fingerprint density at radius 1 is 1.41 bits per heavy atom. The van der Waals surface area contributed by atoms with Crippen LogP contribution in [0, 0.1) is 18.3 Å². The number of hydrogen-bond acceptors (Lipinski definition) is 3. The van der Waals surface area contributed by atoms with Crippen LogP contribution in [-0.4, -0.2) is 27.5 Å². The van der Waals surface area contributed by atoms with E-state index in [-0.39, 0.29) is 17.6 Å². The van der Waals surface area contributed by atoms with E-state index in [0.717, 1.165) is 36.9 Å². The Labute approximate surface area is 131 Å². The van der Waals surface area contributed by atoms with E-state index in [0.29, 0.717) is 12.2 Å². The molecule has 1 aromatic heterocycles. The number of nitriles is 1. The predicted molar refractivity (Wildman–Crippen MR) is 83.9 cm³/mol. The fourth-order valence-electron chi connectivity index (χ4n) is 3.99. The molecule has 118 valence electrons. The lowest BCUT2D eigenvalue weighted by molar-refractivity contribution is -0.134. The lowest BCUT2D eigenvalue weighted by Gasteiger charge is -2.31. The summed E-state index contributed by atoms with van der Waals surface area (Å²) in [5.41, 5.74) is 2.36. The number of rotatable bonds is 2. The van der Waals surface area contributed by atoms with Gasteiger partial charge in [-0.1, -0.05) is 19.3 Å². The smallest absolute Gasteiger partial charge is 0.244 e. The Balaban J connectivity index is 2.00. The minimum Gasteiger partial charge on any atom is -0.340 e. The molecule has 0 radical (unpaired) electrons. The molecule has 5 heteroatoms. The average molecular weight is 300 g/mol. The Kier molecular flexibility index (Phi) is 3.73. The molecule has 3 rings (SSSR count). The van der Waals surface area contributed by atoms with Crippen LogP contribution in [0.15, 0.2) is 6.07 Å². The zero-order valence-electron chi connectivity index (χ0n) is 13.6. The lowest BCUT2D eigenvalue weighted by atomic mass is 9.81. The van der Waals surface area contributed by atoms with E-state index in [1.165, 1.54) is 6.42 Å². The zero-order chi connectivity index (χ0) is 15.9. The number of aromatic nitrogens is 1. The lowest BCUT2D eigenvalue weighted by Crippen LogP contribution is -2.48. The number of hydrogen-bond donors (Lipinski definition) is 1. The molecule has 1 saturated carbocycles. The predicted octanol–water partition coefficient (Wildman–Crippen LogP) is 2.36. The second kappa shape index (κ2) is 5.44. The molecule has 1 amide bonds. The first-order chi connectivity index (χ1) is 10.5. The largest absolute Gasteiger partial charge is 0.340 e. The van der Waals surface area contributed by atoms with E-state index in [1.54, 1.807) is 0 Å². The van der Waals surface area contributed by atoms with Crippen LogP contribution in [0.5, 0.6) is 0 Å². The third-order valence-corrected chi connectivity index (χ3v) is 5.43. The Hall–Kier alpha value is -1.80. The highest BCUT2D eigenvalue weighted by Gasteiger charge is 2.51. The SMILES string of the molecule is CCN1C(=O)C2(CCCCC2)N[C@H]1c1cc(C#N)n(C)c1C. The molecule has 1 aliphatic carbocycles. The number of nitrogens with zero attached hydrogens (tertiary/aromatic N) is 3. The van der Waals surface area contributed by atoms with Crippen molar-refractivity contribution >= 4 is 5.91 Å². The fourth-order valence-corrected chi connectivity index (χ4v) is 3.99. The van der Waals surface area contributed by atoms with E-state index < -0.39 is 0 Å². The quantitative estimate of drug-likeness (QED) is 0.912. The van der Waals surface area contributed by atoms with Gasteiger partial charge in [0.1, 0.15) is 17.9 Å². The third kappa shape index (κ3) is 2.05. The van der Waals surface area contributed by atoms with Gasteiger partial charge in [-0.2, -0.15) is 5.26 Å². The van der Waals surface area contributed by atoms with Crippen LogP contribution in [0.1, 0.15) is 62.1 Å². The van der Waals surface area contributed by atoms with Gasteiger partial charge in [0.15, 0.2) is 0 Å². The van der Waals surface area contributed by atoms with E-state index in [1.807, 2.05) is 36.4 Å². The maximum atomic E-state index is 13.0. The van der Waals surface area contributed by atoms with Crippen molar-refractivity contribution in [1.82, 2.24) is 14.8 Å². The fraction of sp³-hybridized carbons (Fsp3) is 0.647. The van der Waals surface area contributed by atoms with Crippen molar-refractivity contribution in [1.29, 1.82) is 5.26 Å². The van der Waals surface area contributed by atoms with Crippen LogP contribution < -0.4 is 5.32 Å². The van der Waals surface area contributed by atoms with Crippen molar-refractivity contribution < 1.29 is 4.79 Å². The Bertz CT molecular complexity index is 634. The van der Waals surface area contributed by atoms with Crippen molar-refractivity contribution in [2.75, 3.05) is 6.54 Å². The maximum Gasteiger partial charge on any atom is 0.244 e. The van der Waals surface area contributed by atoms with Crippen LogP contribution >= 0.6 is 0 Å².